The molecule has 0 spiro atoms. The zero-order valence-electron chi connectivity index (χ0n) is 13.3. The molecular weight excluding hydrogens is 324 g/mol. The van der Waals surface area contributed by atoms with Gasteiger partial charge in [0, 0.05) is 17.1 Å². The first-order valence-electron chi connectivity index (χ1n) is 6.82. The van der Waals surface area contributed by atoms with Gasteiger partial charge >= 0.3 is 6.16 Å². The van der Waals surface area contributed by atoms with Crippen LogP contribution in [-0.4, -0.2) is 23.4 Å². The summed E-state index contributed by atoms with van der Waals surface area (Å²) in [6.45, 7) is 10.7. The number of halogens is 1. The number of hydrogen-bond acceptors (Lipinski definition) is 6. The molecule has 1 unspecified atom stereocenters. The number of carbonyl (C=O) groups excluding carboxylic acids is 2. The van der Waals surface area contributed by atoms with Crippen LogP contribution < -0.4 is 4.90 Å². The maximum atomic E-state index is 12.3. The van der Waals surface area contributed by atoms with Gasteiger partial charge in [0.2, 0.25) is 6.23 Å². The molecule has 0 radical (unpaired) electrons. The third-order valence-corrected chi connectivity index (χ3v) is 3.69. The van der Waals surface area contributed by atoms with Crippen molar-refractivity contribution in [2.24, 2.45) is 0 Å². The molecule has 0 saturated carbocycles. The Morgan fingerprint density at radius 1 is 1.52 bits per heavy atom. The van der Waals surface area contributed by atoms with Gasteiger partial charge in [0.1, 0.15) is 10.8 Å². The molecule has 0 fully saturated rings. The van der Waals surface area contributed by atoms with Crippen LogP contribution in [0.25, 0.3) is 0 Å². The highest BCUT2D eigenvalue weighted by molar-refractivity contribution is 6.45. The van der Waals surface area contributed by atoms with Gasteiger partial charge in [-0.05, 0) is 6.92 Å². The van der Waals surface area contributed by atoms with Gasteiger partial charge in [-0.1, -0.05) is 44.1 Å². The Kier molecular flexibility index (Phi) is 4.51. The van der Waals surface area contributed by atoms with Crippen LogP contribution in [0.3, 0.4) is 0 Å². The van der Waals surface area contributed by atoms with Crippen molar-refractivity contribution in [2.75, 3.05) is 4.90 Å². The predicted octanol–water partition coefficient (Wildman–Crippen LogP) is 3.45. The Morgan fingerprint density at radius 2 is 2.17 bits per heavy atom. The highest BCUT2D eigenvalue weighted by Crippen LogP contribution is 2.35. The molecule has 0 aromatic carbocycles. The molecule has 0 bridgehead atoms. The van der Waals surface area contributed by atoms with Crippen LogP contribution in [0, 0.1) is 0 Å². The van der Waals surface area contributed by atoms with E-state index in [9.17, 15) is 9.59 Å². The second kappa shape index (κ2) is 6.08. The Balaban J connectivity index is 2.34. The van der Waals surface area contributed by atoms with Gasteiger partial charge in [-0.15, -0.1) is 0 Å². The van der Waals surface area contributed by atoms with E-state index in [0.717, 1.165) is 11.2 Å². The lowest BCUT2D eigenvalue weighted by Crippen LogP contribution is -2.38. The topological polar surface area (TPSA) is 81.9 Å². The molecule has 23 heavy (non-hydrogen) atoms. The van der Waals surface area contributed by atoms with Crippen LogP contribution in [0.2, 0.25) is 0 Å². The molecule has 2 heterocycles. The third-order valence-electron chi connectivity index (χ3n) is 3.23. The number of nitrogens with zero attached hydrogens (tertiary/aromatic N) is 2. The van der Waals surface area contributed by atoms with E-state index in [1.54, 1.807) is 13.0 Å². The molecule has 7 nitrogen and oxygen atoms in total. The van der Waals surface area contributed by atoms with E-state index in [1.807, 2.05) is 20.8 Å². The third kappa shape index (κ3) is 3.24. The summed E-state index contributed by atoms with van der Waals surface area (Å²) in [4.78, 5) is 25.0. The monoisotopic (exact) mass is 340 g/mol. The lowest BCUT2D eigenvalue weighted by molar-refractivity contribution is -0.115. The first-order chi connectivity index (χ1) is 10.7. The van der Waals surface area contributed by atoms with Crippen LogP contribution in [0.1, 0.15) is 33.5 Å². The summed E-state index contributed by atoms with van der Waals surface area (Å²) in [6, 6.07) is 1.61. The Bertz CT molecular complexity index is 686. The lowest BCUT2D eigenvalue weighted by atomic mass is 9.93. The van der Waals surface area contributed by atoms with E-state index in [-0.39, 0.29) is 16.3 Å². The van der Waals surface area contributed by atoms with E-state index in [1.165, 1.54) is 0 Å². The maximum absolute atomic E-state index is 12.3. The first kappa shape index (κ1) is 17.1. The molecule has 0 saturated heterocycles. The number of anilines is 1. The minimum Gasteiger partial charge on any atom is -0.405 e. The molecule has 124 valence electrons. The molecule has 1 amide bonds. The number of aromatic nitrogens is 1. The second-order valence-electron chi connectivity index (χ2n) is 5.98. The standard InChI is InChI=1S/C15H17ClN2O5/c1-6-21-14(20)22-13-8(2)11(16)12(19)18(13)10-7-9(23-17-10)15(3,4)5/h6-7,13H,1H2,2-5H3. The molecule has 1 atom stereocenters. The minimum absolute atomic E-state index is 0.0401. The van der Waals surface area contributed by atoms with Crippen LogP contribution in [0.5, 0.6) is 0 Å². The molecule has 8 heteroatoms. The highest BCUT2D eigenvalue weighted by Gasteiger charge is 2.42. The first-order valence-corrected chi connectivity index (χ1v) is 7.19. The zero-order valence-corrected chi connectivity index (χ0v) is 14.0. The summed E-state index contributed by atoms with van der Waals surface area (Å²) in [5.74, 6) is 0.244. The predicted molar refractivity (Wildman–Crippen MR) is 82.8 cm³/mol. The van der Waals surface area contributed by atoms with Gasteiger partial charge in [0.15, 0.2) is 5.82 Å². The van der Waals surface area contributed by atoms with Gasteiger partial charge in [0.05, 0.1) is 6.26 Å². The van der Waals surface area contributed by atoms with Crippen molar-refractivity contribution in [3.05, 3.63) is 35.3 Å². The fourth-order valence-corrected chi connectivity index (χ4v) is 2.15. The summed E-state index contributed by atoms with van der Waals surface area (Å²) in [5, 5.41) is 3.84. The molecule has 0 aliphatic carbocycles. The smallest absolute Gasteiger partial charge is 0.405 e. The number of hydrogen-bond donors (Lipinski definition) is 0. The molecule has 1 aliphatic rings. The Morgan fingerprint density at radius 3 is 2.70 bits per heavy atom. The molecule has 0 N–H and O–H groups in total. The molecule has 1 aliphatic heterocycles. The van der Waals surface area contributed by atoms with Gasteiger partial charge in [-0.3, -0.25) is 4.79 Å². The Hall–Kier alpha value is -2.28. The summed E-state index contributed by atoms with van der Waals surface area (Å²) >= 11 is 5.99. The van der Waals surface area contributed by atoms with Crippen molar-refractivity contribution in [1.82, 2.24) is 5.16 Å². The fourth-order valence-electron chi connectivity index (χ4n) is 1.97. The molecule has 1 aromatic rings. The van der Waals surface area contributed by atoms with E-state index in [2.05, 4.69) is 16.5 Å². The fraction of sp³-hybridized carbons (Fsp3) is 0.400. The summed E-state index contributed by atoms with van der Waals surface area (Å²) in [6.07, 6.45) is -1.13. The van der Waals surface area contributed by atoms with Crippen molar-refractivity contribution in [2.45, 2.75) is 39.3 Å². The van der Waals surface area contributed by atoms with Crippen molar-refractivity contribution in [3.8, 4) is 0 Å². The van der Waals surface area contributed by atoms with E-state index in [4.69, 9.17) is 20.9 Å². The zero-order chi connectivity index (χ0) is 17.4. The average Bonchev–Trinajstić information content (AvgIpc) is 3.00. The van der Waals surface area contributed by atoms with Crippen molar-refractivity contribution < 1.29 is 23.6 Å². The number of rotatable bonds is 3. The Labute approximate surface area is 138 Å². The minimum atomic E-state index is -1.06. The maximum Gasteiger partial charge on any atom is 0.515 e. The highest BCUT2D eigenvalue weighted by atomic mass is 35.5. The van der Waals surface area contributed by atoms with Gasteiger partial charge in [0.25, 0.3) is 5.91 Å². The van der Waals surface area contributed by atoms with Crippen molar-refractivity contribution in [1.29, 1.82) is 0 Å². The number of amides is 1. The van der Waals surface area contributed by atoms with Crippen molar-refractivity contribution >= 4 is 29.5 Å². The van der Waals surface area contributed by atoms with E-state index < -0.39 is 18.3 Å². The van der Waals surface area contributed by atoms with Crippen LogP contribution in [0.15, 0.2) is 34.0 Å². The SMILES string of the molecule is C=COC(=O)OC1C(C)=C(Cl)C(=O)N1c1cc(C(C)(C)C)on1. The van der Waals surface area contributed by atoms with Gasteiger partial charge in [-0.2, -0.15) is 0 Å². The van der Waals surface area contributed by atoms with Gasteiger partial charge < -0.3 is 14.0 Å². The van der Waals surface area contributed by atoms with Crippen LogP contribution in [0.4, 0.5) is 10.6 Å². The molecule has 1 aromatic heterocycles. The summed E-state index contributed by atoms with van der Waals surface area (Å²) in [7, 11) is 0. The number of carbonyl (C=O) groups is 2. The quantitative estimate of drug-likeness (QED) is 0.619. The molecule has 2 rings (SSSR count). The van der Waals surface area contributed by atoms with Gasteiger partial charge in [-0.25, -0.2) is 9.69 Å². The van der Waals surface area contributed by atoms with Crippen molar-refractivity contribution in [3.63, 3.8) is 0 Å². The summed E-state index contributed by atoms with van der Waals surface area (Å²) < 4.78 is 14.9. The average molecular weight is 341 g/mol. The second-order valence-corrected chi connectivity index (χ2v) is 6.35. The van der Waals surface area contributed by atoms with Crippen LogP contribution >= 0.6 is 11.6 Å². The van der Waals surface area contributed by atoms with E-state index in [0.29, 0.717) is 11.3 Å². The summed E-state index contributed by atoms with van der Waals surface area (Å²) in [5.41, 5.74) is 0.0799. The number of ether oxygens (including phenoxy) is 2. The lowest BCUT2D eigenvalue weighted by Gasteiger charge is -2.22. The largest absolute Gasteiger partial charge is 0.515 e. The van der Waals surface area contributed by atoms with E-state index >= 15 is 0 Å². The normalized spacial score (nSPS) is 18.4. The molecular formula is C15H17ClN2O5. The van der Waals surface area contributed by atoms with Crippen LogP contribution in [-0.2, 0) is 19.7 Å².